The monoisotopic (exact) mass is 192 g/mol. The van der Waals surface area contributed by atoms with Crippen molar-refractivity contribution in [2.24, 2.45) is 11.7 Å². The normalized spacial score (nSPS) is 22.2. The van der Waals surface area contributed by atoms with Gasteiger partial charge in [0.05, 0.1) is 6.54 Å². The van der Waals surface area contributed by atoms with Gasteiger partial charge in [0, 0.05) is 5.92 Å². The predicted octanol–water partition coefficient (Wildman–Crippen LogP) is 1.31. The lowest BCUT2D eigenvalue weighted by molar-refractivity contribution is -0.0696. The number of alkyl halides is 2. The fraction of sp³-hybridized carbons (Fsp3) is 1.00. The fourth-order valence-corrected chi connectivity index (χ4v) is 1.84. The number of hydrogen-bond donors (Lipinski definition) is 1. The highest BCUT2D eigenvalue weighted by molar-refractivity contribution is 4.83. The maximum atomic E-state index is 13.1. The molecular formula is C9H18F2N2. The van der Waals surface area contributed by atoms with Crippen molar-refractivity contribution in [1.82, 2.24) is 4.90 Å². The Kier molecular flexibility index (Phi) is 3.62. The molecular weight excluding hydrogens is 174 g/mol. The molecule has 78 valence electrons. The zero-order valence-electron chi connectivity index (χ0n) is 8.10. The van der Waals surface area contributed by atoms with Crippen LogP contribution in [-0.4, -0.2) is 37.0 Å². The molecule has 0 spiro atoms. The number of nitrogens with two attached hydrogens (primary N) is 1. The van der Waals surface area contributed by atoms with Gasteiger partial charge in [0.2, 0.25) is 0 Å². The Morgan fingerprint density at radius 3 is 2.31 bits per heavy atom. The van der Waals surface area contributed by atoms with Gasteiger partial charge in [-0.15, -0.1) is 0 Å². The Hall–Kier alpha value is -0.220. The topological polar surface area (TPSA) is 29.3 Å². The van der Waals surface area contributed by atoms with E-state index >= 15 is 0 Å². The number of piperidine rings is 1. The van der Waals surface area contributed by atoms with E-state index in [0.717, 1.165) is 19.6 Å². The molecule has 0 aromatic rings. The first-order valence-electron chi connectivity index (χ1n) is 4.90. The zero-order valence-corrected chi connectivity index (χ0v) is 8.10. The summed E-state index contributed by atoms with van der Waals surface area (Å²) in [6, 6.07) is 0. The van der Waals surface area contributed by atoms with Gasteiger partial charge in [-0.1, -0.05) is 6.92 Å². The predicted molar refractivity (Wildman–Crippen MR) is 48.8 cm³/mol. The summed E-state index contributed by atoms with van der Waals surface area (Å²) in [5.41, 5.74) is 5.04. The van der Waals surface area contributed by atoms with Crippen molar-refractivity contribution in [3.05, 3.63) is 0 Å². The van der Waals surface area contributed by atoms with E-state index in [0.29, 0.717) is 12.8 Å². The van der Waals surface area contributed by atoms with Crippen LogP contribution in [-0.2, 0) is 0 Å². The first-order chi connectivity index (χ1) is 6.10. The largest absolute Gasteiger partial charge is 0.325 e. The third kappa shape index (κ3) is 2.61. The van der Waals surface area contributed by atoms with E-state index in [2.05, 4.69) is 11.8 Å². The molecule has 1 fully saturated rings. The van der Waals surface area contributed by atoms with Gasteiger partial charge in [-0.25, -0.2) is 8.78 Å². The third-order valence-corrected chi connectivity index (χ3v) is 2.90. The highest BCUT2D eigenvalue weighted by atomic mass is 19.3. The van der Waals surface area contributed by atoms with Gasteiger partial charge in [-0.05, 0) is 32.5 Å². The molecule has 0 atom stereocenters. The number of rotatable bonds is 3. The van der Waals surface area contributed by atoms with E-state index in [4.69, 9.17) is 5.73 Å². The van der Waals surface area contributed by atoms with Gasteiger partial charge in [0.25, 0.3) is 5.92 Å². The first-order valence-corrected chi connectivity index (χ1v) is 4.90. The van der Waals surface area contributed by atoms with Gasteiger partial charge in [-0.2, -0.15) is 0 Å². The summed E-state index contributed by atoms with van der Waals surface area (Å²) in [7, 11) is 0. The van der Waals surface area contributed by atoms with E-state index in [-0.39, 0.29) is 0 Å². The fourth-order valence-electron chi connectivity index (χ4n) is 1.84. The van der Waals surface area contributed by atoms with Crippen LogP contribution in [0.3, 0.4) is 0 Å². The molecule has 2 nitrogen and oxygen atoms in total. The number of hydrogen-bond acceptors (Lipinski definition) is 2. The minimum Gasteiger partial charge on any atom is -0.325 e. The highest BCUT2D eigenvalue weighted by Crippen LogP contribution is 2.31. The SMILES string of the molecule is CCN1CCC(C(F)(F)CN)CC1. The van der Waals surface area contributed by atoms with Crippen molar-refractivity contribution in [2.45, 2.75) is 25.7 Å². The van der Waals surface area contributed by atoms with Crippen LogP contribution >= 0.6 is 0 Å². The van der Waals surface area contributed by atoms with Gasteiger partial charge < -0.3 is 10.6 Å². The lowest BCUT2D eigenvalue weighted by Gasteiger charge is -2.34. The number of nitrogens with zero attached hydrogens (tertiary/aromatic N) is 1. The summed E-state index contributed by atoms with van der Waals surface area (Å²) in [5.74, 6) is -3.15. The second-order valence-corrected chi connectivity index (χ2v) is 3.67. The van der Waals surface area contributed by atoms with E-state index < -0.39 is 18.4 Å². The molecule has 0 aromatic heterocycles. The van der Waals surface area contributed by atoms with E-state index in [1.165, 1.54) is 0 Å². The van der Waals surface area contributed by atoms with Crippen LogP contribution in [0.2, 0.25) is 0 Å². The molecule has 0 aliphatic carbocycles. The lowest BCUT2D eigenvalue weighted by atomic mass is 9.90. The second kappa shape index (κ2) is 4.33. The highest BCUT2D eigenvalue weighted by Gasteiger charge is 2.39. The molecule has 0 radical (unpaired) electrons. The standard InChI is InChI=1S/C9H18F2N2/c1-2-13-5-3-8(4-6-13)9(10,11)7-12/h8H,2-7,12H2,1H3. The molecule has 0 amide bonds. The second-order valence-electron chi connectivity index (χ2n) is 3.67. The smallest absolute Gasteiger partial charge is 0.262 e. The zero-order chi connectivity index (χ0) is 9.90. The van der Waals surface area contributed by atoms with Crippen molar-refractivity contribution in [2.75, 3.05) is 26.2 Å². The van der Waals surface area contributed by atoms with Crippen molar-refractivity contribution in [3.63, 3.8) is 0 Å². The van der Waals surface area contributed by atoms with Crippen LogP contribution in [0.5, 0.6) is 0 Å². The molecule has 1 saturated heterocycles. The molecule has 13 heavy (non-hydrogen) atoms. The van der Waals surface area contributed by atoms with E-state index in [9.17, 15) is 8.78 Å². The molecule has 4 heteroatoms. The maximum absolute atomic E-state index is 13.1. The summed E-state index contributed by atoms with van der Waals surface area (Å²) >= 11 is 0. The first kappa shape index (κ1) is 10.9. The Bertz CT molecular complexity index is 154. The molecule has 0 saturated carbocycles. The number of likely N-dealkylation sites (tertiary alicyclic amines) is 1. The average Bonchev–Trinajstić information content (AvgIpc) is 2.18. The average molecular weight is 192 g/mol. The van der Waals surface area contributed by atoms with E-state index in [1.54, 1.807) is 0 Å². The van der Waals surface area contributed by atoms with Crippen molar-refractivity contribution in [3.8, 4) is 0 Å². The summed E-state index contributed by atoms with van der Waals surface area (Å²) in [4.78, 5) is 2.20. The minimum atomic E-state index is -2.65. The Labute approximate surface area is 78.1 Å². The molecule has 1 aliphatic rings. The Morgan fingerprint density at radius 2 is 1.92 bits per heavy atom. The van der Waals surface area contributed by atoms with Gasteiger partial charge in [0.1, 0.15) is 0 Å². The van der Waals surface area contributed by atoms with Crippen LogP contribution < -0.4 is 5.73 Å². The van der Waals surface area contributed by atoms with Crippen LogP contribution in [0.15, 0.2) is 0 Å². The van der Waals surface area contributed by atoms with Crippen molar-refractivity contribution in [1.29, 1.82) is 0 Å². The molecule has 1 heterocycles. The maximum Gasteiger partial charge on any atom is 0.262 e. The molecule has 0 aromatic carbocycles. The molecule has 1 aliphatic heterocycles. The lowest BCUT2D eigenvalue weighted by Crippen LogP contribution is -2.44. The molecule has 1 rings (SSSR count). The van der Waals surface area contributed by atoms with Crippen LogP contribution in [0.4, 0.5) is 8.78 Å². The molecule has 0 unspecified atom stereocenters. The van der Waals surface area contributed by atoms with Crippen LogP contribution in [0.25, 0.3) is 0 Å². The summed E-state index contributed by atoms with van der Waals surface area (Å²) in [6.45, 7) is 4.08. The Balaban J connectivity index is 2.40. The van der Waals surface area contributed by atoms with Gasteiger partial charge in [-0.3, -0.25) is 0 Å². The van der Waals surface area contributed by atoms with Gasteiger partial charge in [0.15, 0.2) is 0 Å². The quantitative estimate of drug-likeness (QED) is 0.730. The molecule has 2 N–H and O–H groups in total. The van der Waals surface area contributed by atoms with Crippen LogP contribution in [0.1, 0.15) is 19.8 Å². The molecule has 0 bridgehead atoms. The van der Waals surface area contributed by atoms with E-state index in [1.807, 2.05) is 0 Å². The summed E-state index contributed by atoms with van der Waals surface area (Å²) in [5, 5.41) is 0. The Morgan fingerprint density at radius 1 is 1.38 bits per heavy atom. The van der Waals surface area contributed by atoms with Crippen molar-refractivity contribution < 1.29 is 8.78 Å². The third-order valence-electron chi connectivity index (χ3n) is 2.90. The van der Waals surface area contributed by atoms with Crippen LogP contribution in [0, 0.1) is 5.92 Å². The summed E-state index contributed by atoms with van der Waals surface area (Å²) < 4.78 is 26.3. The summed E-state index contributed by atoms with van der Waals surface area (Å²) in [6.07, 6.45) is 1.16. The minimum absolute atomic E-state index is 0.500. The van der Waals surface area contributed by atoms with Gasteiger partial charge >= 0.3 is 0 Å². The van der Waals surface area contributed by atoms with Crippen molar-refractivity contribution >= 4 is 0 Å². The number of halogens is 2.